The Balaban J connectivity index is -0.000000180. The summed E-state index contributed by atoms with van der Waals surface area (Å²) in [5, 5.41) is 8.65. The fourth-order valence-electron chi connectivity index (χ4n) is 2.28. The van der Waals surface area contributed by atoms with E-state index < -0.39 is 16.6 Å². The third-order valence-corrected chi connectivity index (χ3v) is 10.6. The normalized spacial score (nSPS) is 9.96. The lowest BCUT2D eigenvalue weighted by Crippen LogP contribution is -2.44. The van der Waals surface area contributed by atoms with Crippen molar-refractivity contribution in [3.63, 3.8) is 0 Å². The number of rotatable bonds is 13. The SMILES string of the molecule is C.C.C.C.C=COCCC[Si](C)(C)O[Si](C)(C)CCCOCCO.O. The van der Waals surface area contributed by atoms with E-state index in [1.165, 1.54) is 6.26 Å². The second-order valence-electron chi connectivity index (χ2n) is 6.20. The maximum Gasteiger partial charge on any atom is 0.173 e. The predicted molar refractivity (Wildman–Crippen MR) is 119 cm³/mol. The first-order valence-electron chi connectivity index (χ1n) is 7.44. The topological polar surface area (TPSA) is 79.4 Å². The molecule has 0 bridgehead atoms. The lowest BCUT2D eigenvalue weighted by Gasteiger charge is -2.34. The van der Waals surface area contributed by atoms with Gasteiger partial charge in [0.15, 0.2) is 16.6 Å². The molecule has 0 fully saturated rings. The Morgan fingerprint density at radius 3 is 1.68 bits per heavy atom. The minimum Gasteiger partial charge on any atom is -0.502 e. The zero-order chi connectivity index (χ0) is 15.5. The molecule has 0 aromatic carbocycles. The van der Waals surface area contributed by atoms with Gasteiger partial charge in [0.05, 0.1) is 26.1 Å². The second-order valence-corrected chi connectivity index (χ2v) is 15.1. The number of aliphatic hydroxyl groups excluding tert-OH is 1. The van der Waals surface area contributed by atoms with Crippen LogP contribution in [0.2, 0.25) is 38.3 Å². The van der Waals surface area contributed by atoms with Crippen molar-refractivity contribution in [2.24, 2.45) is 0 Å². The van der Waals surface area contributed by atoms with Crippen molar-refractivity contribution in [2.45, 2.75) is 80.8 Å². The summed E-state index contributed by atoms with van der Waals surface area (Å²) in [5.74, 6) is 0. The fourth-order valence-corrected chi connectivity index (χ4v) is 11.1. The number of aliphatic hydroxyl groups is 1. The van der Waals surface area contributed by atoms with Crippen molar-refractivity contribution >= 4 is 16.6 Å². The van der Waals surface area contributed by atoms with E-state index in [1.807, 2.05) is 0 Å². The molecule has 0 saturated carbocycles. The van der Waals surface area contributed by atoms with Gasteiger partial charge in [0, 0.05) is 6.61 Å². The molecule has 25 heavy (non-hydrogen) atoms. The largest absolute Gasteiger partial charge is 0.502 e. The van der Waals surface area contributed by atoms with Crippen LogP contribution in [0.25, 0.3) is 0 Å². The molecule has 0 amide bonds. The molecule has 0 spiro atoms. The second kappa shape index (κ2) is 21.9. The van der Waals surface area contributed by atoms with Crippen molar-refractivity contribution < 1.29 is 24.2 Å². The van der Waals surface area contributed by atoms with Crippen LogP contribution < -0.4 is 0 Å². The summed E-state index contributed by atoms with van der Waals surface area (Å²) < 4.78 is 17.0. The number of hydrogen-bond donors (Lipinski definition) is 1. The van der Waals surface area contributed by atoms with E-state index in [4.69, 9.17) is 18.7 Å². The fraction of sp³-hybridized carbons (Fsp3) is 0.889. The highest BCUT2D eigenvalue weighted by Crippen LogP contribution is 2.23. The van der Waals surface area contributed by atoms with Crippen LogP contribution in [0.1, 0.15) is 42.5 Å². The summed E-state index contributed by atoms with van der Waals surface area (Å²) in [7, 11) is -3.21. The molecule has 7 heteroatoms. The van der Waals surface area contributed by atoms with Gasteiger partial charge in [0.25, 0.3) is 0 Å². The first-order chi connectivity index (χ1) is 9.33. The Labute approximate surface area is 161 Å². The molecule has 0 aromatic rings. The van der Waals surface area contributed by atoms with Crippen LogP contribution >= 0.6 is 0 Å². The zero-order valence-corrected chi connectivity index (χ0v) is 16.1. The summed E-state index contributed by atoms with van der Waals surface area (Å²) in [6, 6.07) is 2.23. The molecule has 0 heterocycles. The lowest BCUT2D eigenvalue weighted by atomic mass is 10.5. The molecule has 0 rings (SSSR count). The summed E-state index contributed by atoms with van der Waals surface area (Å²) in [5.41, 5.74) is 0. The monoisotopic (exact) mass is 402 g/mol. The van der Waals surface area contributed by atoms with Gasteiger partial charge in [-0.1, -0.05) is 36.3 Å². The highest BCUT2D eigenvalue weighted by atomic mass is 28.4. The van der Waals surface area contributed by atoms with E-state index in [2.05, 4.69) is 32.8 Å². The van der Waals surface area contributed by atoms with Gasteiger partial charge in [-0.25, -0.2) is 0 Å². The maximum absolute atomic E-state index is 8.65. The molecule has 160 valence electrons. The van der Waals surface area contributed by atoms with Gasteiger partial charge in [-0.15, -0.1) is 0 Å². The smallest absolute Gasteiger partial charge is 0.173 e. The first-order valence-corrected chi connectivity index (χ1v) is 13.7. The van der Waals surface area contributed by atoms with Crippen LogP contribution in [0.4, 0.5) is 0 Å². The summed E-state index contributed by atoms with van der Waals surface area (Å²) in [6.45, 7) is 14.7. The summed E-state index contributed by atoms with van der Waals surface area (Å²) in [4.78, 5) is 0. The van der Waals surface area contributed by atoms with Crippen molar-refractivity contribution in [3.05, 3.63) is 12.8 Å². The van der Waals surface area contributed by atoms with E-state index in [-0.39, 0.29) is 41.8 Å². The van der Waals surface area contributed by atoms with Crippen LogP contribution in [0.15, 0.2) is 12.8 Å². The Kier molecular flexibility index (Phi) is 34.8. The molecule has 0 aromatic heterocycles. The van der Waals surface area contributed by atoms with Gasteiger partial charge < -0.3 is 24.2 Å². The summed E-state index contributed by atoms with van der Waals surface area (Å²) in [6.07, 6.45) is 3.55. The minimum absolute atomic E-state index is 0. The molecule has 0 unspecified atom stereocenters. The van der Waals surface area contributed by atoms with Crippen LogP contribution in [0.3, 0.4) is 0 Å². The highest BCUT2D eigenvalue weighted by Gasteiger charge is 2.32. The van der Waals surface area contributed by atoms with Crippen LogP contribution in [0, 0.1) is 0 Å². The minimum atomic E-state index is -1.61. The average molecular weight is 403 g/mol. The molecule has 0 saturated heterocycles. The number of ether oxygens (including phenoxy) is 2. The zero-order valence-electron chi connectivity index (χ0n) is 14.1. The van der Waals surface area contributed by atoms with Crippen molar-refractivity contribution in [2.75, 3.05) is 26.4 Å². The van der Waals surface area contributed by atoms with E-state index in [9.17, 15) is 0 Å². The van der Waals surface area contributed by atoms with Gasteiger partial charge in [0.1, 0.15) is 0 Å². The molecule has 0 aliphatic rings. The predicted octanol–water partition coefficient (Wildman–Crippen LogP) is 5.08. The Morgan fingerprint density at radius 2 is 1.28 bits per heavy atom. The van der Waals surface area contributed by atoms with Gasteiger partial charge >= 0.3 is 0 Å². The Morgan fingerprint density at radius 1 is 0.840 bits per heavy atom. The molecule has 0 atom stereocenters. The van der Waals surface area contributed by atoms with Crippen LogP contribution in [0.5, 0.6) is 0 Å². The van der Waals surface area contributed by atoms with Crippen molar-refractivity contribution in [1.82, 2.24) is 0 Å². The van der Waals surface area contributed by atoms with Gasteiger partial charge in [-0.2, -0.15) is 0 Å². The lowest BCUT2D eigenvalue weighted by molar-refractivity contribution is 0.0924. The van der Waals surface area contributed by atoms with Crippen molar-refractivity contribution in [1.29, 1.82) is 0 Å². The molecule has 0 aliphatic heterocycles. The van der Waals surface area contributed by atoms with E-state index in [0.29, 0.717) is 6.61 Å². The van der Waals surface area contributed by atoms with Crippen LogP contribution in [-0.4, -0.2) is 53.6 Å². The molecule has 5 nitrogen and oxygen atoms in total. The molecule has 3 N–H and O–H groups in total. The quantitative estimate of drug-likeness (QED) is 0.264. The van der Waals surface area contributed by atoms with Crippen molar-refractivity contribution in [3.8, 4) is 0 Å². The van der Waals surface area contributed by atoms with E-state index in [1.54, 1.807) is 0 Å². The summed E-state index contributed by atoms with van der Waals surface area (Å²) >= 11 is 0. The molecule has 0 aliphatic carbocycles. The molecular formula is C18H50O5Si2. The average Bonchev–Trinajstić information content (AvgIpc) is 2.33. The van der Waals surface area contributed by atoms with Gasteiger partial charge in [-0.05, 0) is 51.1 Å². The molecular weight excluding hydrogens is 352 g/mol. The van der Waals surface area contributed by atoms with E-state index in [0.717, 1.165) is 38.1 Å². The Hall–Kier alpha value is -0.186. The first kappa shape index (κ1) is 39.8. The standard InChI is InChI=1S/C14H32O4Si2.4CH4.H2O/c1-6-16-10-7-13-19(2,3)18-20(4,5)14-8-11-17-12-9-15;;;;;/h6,15H,1,7-14H2,2-5H3;4*1H4;1H2. The van der Waals surface area contributed by atoms with Gasteiger partial charge in [0.2, 0.25) is 0 Å². The Bertz CT molecular complexity index is 262. The molecule has 0 radical (unpaired) electrons. The van der Waals surface area contributed by atoms with Crippen LogP contribution in [-0.2, 0) is 13.6 Å². The number of hydrogen-bond acceptors (Lipinski definition) is 4. The third kappa shape index (κ3) is 26.2. The maximum atomic E-state index is 8.65. The third-order valence-electron chi connectivity index (χ3n) is 3.01. The van der Waals surface area contributed by atoms with Gasteiger partial charge in [-0.3, -0.25) is 0 Å². The highest BCUT2D eigenvalue weighted by molar-refractivity contribution is 6.84. The van der Waals surface area contributed by atoms with E-state index >= 15 is 0 Å².